The Kier molecular flexibility index (Phi) is 3.18. The van der Waals surface area contributed by atoms with Crippen LogP contribution in [0, 0.1) is 0 Å². The maximum atomic E-state index is 5.13. The Hall–Kier alpha value is -1.20. The van der Waals surface area contributed by atoms with Crippen LogP contribution in [-0.4, -0.2) is 24.1 Å². The van der Waals surface area contributed by atoms with Gasteiger partial charge >= 0.3 is 0 Å². The molecule has 0 aromatic carbocycles. The Bertz CT molecular complexity index is 579. The van der Waals surface area contributed by atoms with Crippen LogP contribution >= 0.6 is 11.3 Å². The number of thiophene rings is 1. The van der Waals surface area contributed by atoms with Crippen LogP contribution in [-0.2, 0) is 24.2 Å². The lowest BCUT2D eigenvalue weighted by Crippen LogP contribution is -2.03. The summed E-state index contributed by atoms with van der Waals surface area (Å²) in [7, 11) is 3.59. The molecule has 0 spiro atoms. The fraction of sp³-hybridized carbons (Fsp3) is 0.538. The van der Waals surface area contributed by atoms with E-state index in [2.05, 4.69) is 15.3 Å². The fourth-order valence-corrected chi connectivity index (χ4v) is 3.86. The smallest absolute Gasteiger partial charge is 0.158 e. The third-order valence-corrected chi connectivity index (χ3v) is 4.56. The third-order valence-electron chi connectivity index (χ3n) is 3.37. The summed E-state index contributed by atoms with van der Waals surface area (Å²) < 4.78 is 5.13. The normalized spacial score (nSPS) is 14.8. The number of rotatable bonds is 3. The van der Waals surface area contributed by atoms with Crippen LogP contribution in [0.3, 0.4) is 0 Å². The molecule has 0 unspecified atom stereocenters. The Morgan fingerprint density at radius 2 is 2.11 bits per heavy atom. The molecule has 3 rings (SSSR count). The second-order valence-electron chi connectivity index (χ2n) is 4.56. The van der Waals surface area contributed by atoms with E-state index in [1.165, 1.54) is 35.1 Å². The Morgan fingerprint density at radius 1 is 1.28 bits per heavy atom. The minimum absolute atomic E-state index is 0.465. The lowest BCUT2D eigenvalue weighted by molar-refractivity contribution is 0.178. The molecule has 0 saturated carbocycles. The Balaban J connectivity index is 2.21. The molecule has 1 aliphatic rings. The van der Waals surface area contributed by atoms with Crippen molar-refractivity contribution in [2.45, 2.75) is 32.3 Å². The van der Waals surface area contributed by atoms with Gasteiger partial charge in [-0.1, -0.05) is 0 Å². The zero-order valence-electron chi connectivity index (χ0n) is 10.7. The summed E-state index contributed by atoms with van der Waals surface area (Å²) in [6.45, 7) is 0.465. The highest BCUT2D eigenvalue weighted by molar-refractivity contribution is 7.19. The number of hydrogen-bond donors (Lipinski definition) is 1. The first kappa shape index (κ1) is 11.9. The van der Waals surface area contributed by atoms with E-state index in [0.717, 1.165) is 22.9 Å². The summed E-state index contributed by atoms with van der Waals surface area (Å²) in [5.41, 5.74) is 1.47. The van der Waals surface area contributed by atoms with Crippen LogP contribution in [0.15, 0.2) is 0 Å². The van der Waals surface area contributed by atoms with Crippen molar-refractivity contribution in [1.29, 1.82) is 0 Å². The SMILES string of the molecule is CNc1nc(COC)nc2sc3c(c12)CCCC3. The second-order valence-corrected chi connectivity index (χ2v) is 5.65. The maximum absolute atomic E-state index is 5.13. The summed E-state index contributed by atoms with van der Waals surface area (Å²) in [4.78, 5) is 11.8. The van der Waals surface area contributed by atoms with E-state index in [-0.39, 0.29) is 0 Å². The van der Waals surface area contributed by atoms with Gasteiger partial charge in [0.05, 0.1) is 5.39 Å². The molecule has 0 radical (unpaired) electrons. The molecule has 0 atom stereocenters. The quantitative estimate of drug-likeness (QED) is 0.925. The zero-order valence-corrected chi connectivity index (χ0v) is 11.6. The van der Waals surface area contributed by atoms with Crippen LogP contribution < -0.4 is 5.32 Å². The first-order chi connectivity index (χ1) is 8.83. The van der Waals surface area contributed by atoms with Gasteiger partial charge in [0.2, 0.25) is 0 Å². The second kappa shape index (κ2) is 4.82. The monoisotopic (exact) mass is 263 g/mol. The van der Waals surface area contributed by atoms with Crippen molar-refractivity contribution in [3.05, 3.63) is 16.3 Å². The topological polar surface area (TPSA) is 47.0 Å². The molecule has 0 saturated heterocycles. The molecule has 5 heteroatoms. The number of nitrogens with one attached hydrogen (secondary N) is 1. The summed E-state index contributed by atoms with van der Waals surface area (Å²) in [5, 5.41) is 4.44. The molecule has 18 heavy (non-hydrogen) atoms. The number of aromatic nitrogens is 2. The van der Waals surface area contributed by atoms with E-state index in [1.54, 1.807) is 7.11 Å². The molecule has 0 fully saturated rings. The van der Waals surface area contributed by atoms with Gasteiger partial charge in [-0.3, -0.25) is 0 Å². The highest BCUT2D eigenvalue weighted by atomic mass is 32.1. The molecule has 1 N–H and O–H groups in total. The van der Waals surface area contributed by atoms with E-state index in [0.29, 0.717) is 6.61 Å². The van der Waals surface area contributed by atoms with E-state index in [9.17, 15) is 0 Å². The largest absolute Gasteiger partial charge is 0.377 e. The van der Waals surface area contributed by atoms with Crippen LogP contribution in [0.4, 0.5) is 5.82 Å². The molecule has 1 aliphatic carbocycles. The van der Waals surface area contributed by atoms with Crippen molar-refractivity contribution in [3.63, 3.8) is 0 Å². The molecular formula is C13H17N3OS. The van der Waals surface area contributed by atoms with Gasteiger partial charge in [0.25, 0.3) is 0 Å². The molecule has 2 heterocycles. The van der Waals surface area contributed by atoms with Crippen molar-refractivity contribution >= 4 is 27.4 Å². The predicted octanol–water partition coefficient (Wildman–Crippen LogP) is 2.76. The number of fused-ring (bicyclic) bond motifs is 3. The summed E-state index contributed by atoms with van der Waals surface area (Å²) in [6, 6.07) is 0. The summed E-state index contributed by atoms with van der Waals surface area (Å²) in [5.74, 6) is 1.71. The lowest BCUT2D eigenvalue weighted by atomic mass is 9.97. The van der Waals surface area contributed by atoms with Crippen LogP contribution in [0.1, 0.15) is 29.1 Å². The number of hydrogen-bond acceptors (Lipinski definition) is 5. The van der Waals surface area contributed by atoms with Crippen LogP contribution in [0.5, 0.6) is 0 Å². The Labute approximate surface area is 110 Å². The molecule has 2 aromatic rings. The van der Waals surface area contributed by atoms with Gasteiger partial charge in [-0.2, -0.15) is 0 Å². The fourth-order valence-electron chi connectivity index (χ4n) is 2.58. The number of anilines is 1. The van der Waals surface area contributed by atoms with Gasteiger partial charge in [0.15, 0.2) is 5.82 Å². The van der Waals surface area contributed by atoms with Crippen molar-refractivity contribution < 1.29 is 4.74 Å². The maximum Gasteiger partial charge on any atom is 0.158 e. The van der Waals surface area contributed by atoms with Gasteiger partial charge in [-0.25, -0.2) is 9.97 Å². The first-order valence-corrected chi connectivity index (χ1v) is 7.13. The van der Waals surface area contributed by atoms with Crippen molar-refractivity contribution in [1.82, 2.24) is 9.97 Å². The standard InChI is InChI=1S/C13H17N3OS/c1-14-12-11-8-5-3-4-6-9(8)18-13(11)16-10(15-12)7-17-2/h3-7H2,1-2H3,(H,14,15,16). The zero-order chi connectivity index (χ0) is 12.5. The van der Waals surface area contributed by atoms with E-state index in [4.69, 9.17) is 4.74 Å². The van der Waals surface area contributed by atoms with Crippen molar-refractivity contribution in [3.8, 4) is 0 Å². The van der Waals surface area contributed by atoms with Crippen LogP contribution in [0.2, 0.25) is 0 Å². The predicted molar refractivity (Wildman–Crippen MR) is 74.3 cm³/mol. The average Bonchev–Trinajstić information content (AvgIpc) is 2.76. The molecule has 2 aromatic heterocycles. The summed E-state index contributed by atoms with van der Waals surface area (Å²) >= 11 is 1.82. The molecule has 96 valence electrons. The van der Waals surface area contributed by atoms with E-state index < -0.39 is 0 Å². The number of ether oxygens (including phenoxy) is 1. The molecule has 0 aliphatic heterocycles. The average molecular weight is 263 g/mol. The summed E-state index contributed by atoms with van der Waals surface area (Å²) in [6.07, 6.45) is 4.94. The highest BCUT2D eigenvalue weighted by Gasteiger charge is 2.20. The van der Waals surface area contributed by atoms with Crippen molar-refractivity contribution in [2.24, 2.45) is 0 Å². The molecule has 0 amide bonds. The molecule has 4 nitrogen and oxygen atoms in total. The van der Waals surface area contributed by atoms with E-state index >= 15 is 0 Å². The third kappa shape index (κ3) is 1.87. The van der Waals surface area contributed by atoms with Gasteiger partial charge in [-0.05, 0) is 31.2 Å². The number of aryl methyl sites for hydroxylation is 2. The van der Waals surface area contributed by atoms with Crippen molar-refractivity contribution in [2.75, 3.05) is 19.5 Å². The first-order valence-electron chi connectivity index (χ1n) is 6.31. The van der Waals surface area contributed by atoms with Gasteiger partial charge in [0, 0.05) is 19.0 Å². The van der Waals surface area contributed by atoms with Gasteiger partial charge in [0.1, 0.15) is 17.3 Å². The Morgan fingerprint density at radius 3 is 2.89 bits per heavy atom. The van der Waals surface area contributed by atoms with Gasteiger partial charge < -0.3 is 10.1 Å². The van der Waals surface area contributed by atoms with Gasteiger partial charge in [-0.15, -0.1) is 11.3 Å². The van der Waals surface area contributed by atoms with E-state index in [1.807, 2.05) is 18.4 Å². The lowest BCUT2D eigenvalue weighted by Gasteiger charge is -2.11. The minimum Gasteiger partial charge on any atom is -0.377 e. The highest BCUT2D eigenvalue weighted by Crippen LogP contribution is 2.38. The molecular weight excluding hydrogens is 246 g/mol. The minimum atomic E-state index is 0.465. The number of nitrogens with zero attached hydrogens (tertiary/aromatic N) is 2. The van der Waals surface area contributed by atoms with Crippen LogP contribution in [0.25, 0.3) is 10.2 Å². The molecule has 0 bridgehead atoms. The number of methoxy groups -OCH3 is 1.